The van der Waals surface area contributed by atoms with Crippen molar-refractivity contribution in [1.82, 2.24) is 10.3 Å². The molecule has 1 saturated carbocycles. The van der Waals surface area contributed by atoms with Crippen LogP contribution in [0.2, 0.25) is 0 Å². The summed E-state index contributed by atoms with van der Waals surface area (Å²) in [5, 5.41) is 3.05. The number of allylic oxidation sites excluding steroid dienone is 3. The lowest BCUT2D eigenvalue weighted by molar-refractivity contribution is -0.117. The number of nitrogens with zero attached hydrogens (tertiary/aromatic N) is 1. The molecular formula is C25H30N2O2. The van der Waals surface area contributed by atoms with Gasteiger partial charge in [0.25, 0.3) is 0 Å². The van der Waals surface area contributed by atoms with Crippen LogP contribution < -0.4 is 10.1 Å². The third-order valence-electron chi connectivity index (χ3n) is 5.18. The van der Waals surface area contributed by atoms with Gasteiger partial charge in [0.05, 0.1) is 7.11 Å². The van der Waals surface area contributed by atoms with Crippen molar-refractivity contribution in [2.75, 3.05) is 7.11 Å². The van der Waals surface area contributed by atoms with Gasteiger partial charge in [-0.3, -0.25) is 9.78 Å². The predicted octanol–water partition coefficient (Wildman–Crippen LogP) is 4.97. The minimum Gasteiger partial charge on any atom is -0.497 e. The fourth-order valence-electron chi connectivity index (χ4n) is 3.41. The first-order chi connectivity index (χ1) is 14.2. The molecule has 0 bridgehead atoms. The molecule has 152 valence electrons. The van der Waals surface area contributed by atoms with E-state index in [1.54, 1.807) is 19.4 Å². The average molecular weight is 391 g/mol. The lowest BCUT2D eigenvalue weighted by Crippen LogP contribution is -2.31. The highest BCUT2D eigenvalue weighted by Gasteiger charge is 2.26. The van der Waals surface area contributed by atoms with Crippen LogP contribution in [0.5, 0.6) is 5.75 Å². The summed E-state index contributed by atoms with van der Waals surface area (Å²) in [7, 11) is 1.67. The molecule has 1 aromatic heterocycles. The van der Waals surface area contributed by atoms with Gasteiger partial charge < -0.3 is 10.1 Å². The summed E-state index contributed by atoms with van der Waals surface area (Å²) in [6.07, 6.45) is 14.7. The monoisotopic (exact) mass is 390 g/mol. The Balaban J connectivity index is 1.47. The molecule has 29 heavy (non-hydrogen) atoms. The van der Waals surface area contributed by atoms with Gasteiger partial charge in [0.1, 0.15) is 5.75 Å². The Labute approximate surface area is 173 Å². The maximum absolute atomic E-state index is 12.2. The second-order valence-corrected chi connectivity index (χ2v) is 7.65. The van der Waals surface area contributed by atoms with Crippen LogP contribution in [0, 0.1) is 5.92 Å². The van der Waals surface area contributed by atoms with Gasteiger partial charge in [-0.25, -0.2) is 0 Å². The van der Waals surface area contributed by atoms with E-state index in [-0.39, 0.29) is 11.9 Å². The molecule has 0 saturated heterocycles. The molecule has 0 radical (unpaired) electrons. The third kappa shape index (κ3) is 6.90. The van der Waals surface area contributed by atoms with Crippen molar-refractivity contribution < 1.29 is 9.53 Å². The SMILES string of the molecule is COc1ccc(/C(=C/C=C/C(=O)N[C@H](C)CCCc2cccnc2)C2CC2)cc1. The number of aromatic nitrogens is 1. The number of ether oxygens (including phenoxy) is 1. The molecule has 4 heteroatoms. The highest BCUT2D eigenvalue weighted by Crippen LogP contribution is 2.42. The zero-order valence-corrected chi connectivity index (χ0v) is 17.3. The fraction of sp³-hybridized carbons (Fsp3) is 0.360. The number of hydrogen-bond donors (Lipinski definition) is 1. The Bertz CT molecular complexity index is 837. The molecule has 0 spiro atoms. The number of amides is 1. The van der Waals surface area contributed by atoms with Gasteiger partial charge in [-0.05, 0) is 79.8 Å². The van der Waals surface area contributed by atoms with E-state index in [0.29, 0.717) is 5.92 Å². The first-order valence-electron chi connectivity index (χ1n) is 10.4. The summed E-state index contributed by atoms with van der Waals surface area (Å²) in [5.41, 5.74) is 3.73. The molecule has 3 rings (SSSR count). The van der Waals surface area contributed by atoms with E-state index in [2.05, 4.69) is 41.5 Å². The second-order valence-electron chi connectivity index (χ2n) is 7.65. The van der Waals surface area contributed by atoms with Crippen molar-refractivity contribution in [2.24, 2.45) is 5.92 Å². The van der Waals surface area contributed by atoms with Gasteiger partial charge >= 0.3 is 0 Å². The van der Waals surface area contributed by atoms with Crippen LogP contribution in [-0.4, -0.2) is 24.0 Å². The van der Waals surface area contributed by atoms with E-state index in [9.17, 15) is 4.79 Å². The summed E-state index contributed by atoms with van der Waals surface area (Å²) in [6.45, 7) is 2.05. The molecule has 1 fully saturated rings. The standard InChI is InChI=1S/C25H30N2O2/c1-19(6-3-7-20-8-5-17-26-18-20)27-25(28)10-4-9-24(21-11-12-21)22-13-15-23(29-2)16-14-22/h4-5,8-10,13-19,21H,3,6-7,11-12H2,1-2H3,(H,27,28)/b10-4+,24-9+/t19-/m1/s1. The normalized spacial score (nSPS) is 15.3. The molecule has 1 aliphatic carbocycles. The molecule has 1 amide bonds. The quantitative estimate of drug-likeness (QED) is 0.460. The molecule has 1 atom stereocenters. The van der Waals surface area contributed by atoms with E-state index in [4.69, 9.17) is 4.74 Å². The summed E-state index contributed by atoms with van der Waals surface area (Å²) in [5.74, 6) is 1.42. The van der Waals surface area contributed by atoms with Crippen LogP contribution in [0.25, 0.3) is 5.57 Å². The summed E-state index contributed by atoms with van der Waals surface area (Å²) in [4.78, 5) is 16.4. The Hall–Kier alpha value is -2.88. The number of nitrogens with one attached hydrogen (secondary N) is 1. The third-order valence-corrected chi connectivity index (χ3v) is 5.18. The summed E-state index contributed by atoms with van der Waals surface area (Å²) < 4.78 is 5.24. The van der Waals surface area contributed by atoms with Gasteiger partial charge in [0.15, 0.2) is 0 Å². The minimum atomic E-state index is -0.0417. The molecule has 1 N–H and O–H groups in total. The maximum Gasteiger partial charge on any atom is 0.244 e. The van der Waals surface area contributed by atoms with Crippen LogP contribution in [0.3, 0.4) is 0 Å². The lowest BCUT2D eigenvalue weighted by atomic mass is 10.0. The molecule has 1 aromatic carbocycles. The Morgan fingerprint density at radius 3 is 2.72 bits per heavy atom. The smallest absolute Gasteiger partial charge is 0.244 e. The molecule has 2 aromatic rings. The van der Waals surface area contributed by atoms with E-state index in [1.165, 1.54) is 29.5 Å². The minimum absolute atomic E-state index is 0.0417. The molecule has 1 heterocycles. The Morgan fingerprint density at radius 1 is 1.28 bits per heavy atom. The molecule has 1 aliphatic rings. The molecule has 0 aliphatic heterocycles. The number of benzene rings is 1. The van der Waals surface area contributed by atoms with Crippen molar-refractivity contribution in [3.8, 4) is 5.75 Å². The zero-order valence-electron chi connectivity index (χ0n) is 17.3. The average Bonchev–Trinajstić information content (AvgIpc) is 3.57. The predicted molar refractivity (Wildman–Crippen MR) is 118 cm³/mol. The van der Waals surface area contributed by atoms with Crippen molar-refractivity contribution in [2.45, 2.75) is 45.1 Å². The number of methoxy groups -OCH3 is 1. The second kappa shape index (κ2) is 10.6. The Kier molecular flexibility index (Phi) is 7.62. The van der Waals surface area contributed by atoms with E-state index >= 15 is 0 Å². The summed E-state index contributed by atoms with van der Waals surface area (Å²) >= 11 is 0. The van der Waals surface area contributed by atoms with E-state index in [0.717, 1.165) is 25.0 Å². The zero-order chi connectivity index (χ0) is 20.5. The van der Waals surface area contributed by atoms with Gasteiger partial charge in [0.2, 0.25) is 5.91 Å². The number of rotatable bonds is 10. The number of aryl methyl sites for hydroxylation is 1. The Morgan fingerprint density at radius 2 is 2.07 bits per heavy atom. The first kappa shape index (κ1) is 20.8. The van der Waals surface area contributed by atoms with E-state index in [1.807, 2.05) is 30.5 Å². The van der Waals surface area contributed by atoms with E-state index < -0.39 is 0 Å². The highest BCUT2D eigenvalue weighted by molar-refractivity contribution is 5.88. The first-order valence-corrected chi connectivity index (χ1v) is 10.4. The molecule has 4 nitrogen and oxygen atoms in total. The van der Waals surface area contributed by atoms with Crippen LogP contribution in [0.4, 0.5) is 0 Å². The largest absolute Gasteiger partial charge is 0.497 e. The van der Waals surface area contributed by atoms with Gasteiger partial charge in [0, 0.05) is 24.5 Å². The highest BCUT2D eigenvalue weighted by atomic mass is 16.5. The number of hydrogen-bond acceptors (Lipinski definition) is 3. The van der Waals surface area contributed by atoms with Crippen molar-refractivity contribution in [3.63, 3.8) is 0 Å². The summed E-state index contributed by atoms with van der Waals surface area (Å²) in [6, 6.07) is 12.3. The van der Waals surface area contributed by atoms with Crippen molar-refractivity contribution in [3.05, 3.63) is 78.1 Å². The lowest BCUT2D eigenvalue weighted by Gasteiger charge is -2.12. The van der Waals surface area contributed by atoms with Crippen LogP contribution in [0.1, 0.15) is 43.7 Å². The molecule has 0 unspecified atom stereocenters. The van der Waals surface area contributed by atoms with Crippen LogP contribution >= 0.6 is 0 Å². The van der Waals surface area contributed by atoms with Gasteiger partial charge in [-0.2, -0.15) is 0 Å². The number of pyridine rings is 1. The van der Waals surface area contributed by atoms with Gasteiger partial charge in [-0.15, -0.1) is 0 Å². The van der Waals surface area contributed by atoms with Gasteiger partial charge in [-0.1, -0.05) is 30.4 Å². The molecular weight excluding hydrogens is 360 g/mol. The van der Waals surface area contributed by atoms with Crippen molar-refractivity contribution in [1.29, 1.82) is 0 Å². The van der Waals surface area contributed by atoms with Crippen molar-refractivity contribution >= 4 is 11.5 Å². The maximum atomic E-state index is 12.2. The number of carbonyl (C=O) groups excluding carboxylic acids is 1. The van der Waals surface area contributed by atoms with Crippen LogP contribution in [0.15, 0.2) is 67.0 Å². The topological polar surface area (TPSA) is 51.2 Å². The van der Waals surface area contributed by atoms with Crippen LogP contribution in [-0.2, 0) is 11.2 Å². The number of carbonyl (C=O) groups is 1. The fourth-order valence-corrected chi connectivity index (χ4v) is 3.41.